The molecule has 2 heterocycles. The molecular weight excluding hydrogens is 387 g/mol. The van der Waals surface area contributed by atoms with Crippen LogP contribution in [0.1, 0.15) is 40.1 Å². The van der Waals surface area contributed by atoms with Crippen molar-refractivity contribution in [3.63, 3.8) is 0 Å². The number of piperidine rings is 1. The number of aromatic nitrogens is 1. The third-order valence-corrected chi connectivity index (χ3v) is 6.52. The summed E-state index contributed by atoms with van der Waals surface area (Å²) in [5.41, 5.74) is 5.04. The number of carbonyl (C=O) groups excluding carboxylic acids is 2. The molecule has 1 saturated heterocycles. The lowest BCUT2D eigenvalue weighted by molar-refractivity contribution is 0.0991. The van der Waals surface area contributed by atoms with E-state index in [0.29, 0.717) is 13.1 Å². The SMILES string of the molecule is Cn1cc(S(=O)(=O)N2CCCCC2)cc1C(=O)Nc1ccc(F)c(C(N)=O)c1. The van der Waals surface area contributed by atoms with E-state index < -0.39 is 27.7 Å². The summed E-state index contributed by atoms with van der Waals surface area (Å²) in [4.78, 5) is 23.8. The number of benzene rings is 1. The van der Waals surface area contributed by atoms with Gasteiger partial charge in [-0.1, -0.05) is 6.42 Å². The third kappa shape index (κ3) is 3.92. The van der Waals surface area contributed by atoms with E-state index in [1.54, 1.807) is 7.05 Å². The third-order valence-electron chi connectivity index (χ3n) is 4.65. The Kier molecular flexibility index (Phi) is 5.52. The van der Waals surface area contributed by atoms with Gasteiger partial charge in [0.15, 0.2) is 0 Å². The maximum Gasteiger partial charge on any atom is 0.272 e. The lowest BCUT2D eigenvalue weighted by atomic mass is 10.1. The van der Waals surface area contributed by atoms with Gasteiger partial charge in [-0.3, -0.25) is 9.59 Å². The van der Waals surface area contributed by atoms with E-state index in [-0.39, 0.29) is 21.8 Å². The van der Waals surface area contributed by atoms with Crippen molar-refractivity contribution in [2.45, 2.75) is 24.2 Å². The van der Waals surface area contributed by atoms with Crippen LogP contribution in [0, 0.1) is 5.82 Å². The summed E-state index contributed by atoms with van der Waals surface area (Å²) in [6.07, 6.45) is 4.01. The molecule has 1 aliphatic heterocycles. The number of rotatable bonds is 5. The molecule has 28 heavy (non-hydrogen) atoms. The van der Waals surface area contributed by atoms with Crippen LogP contribution in [0.15, 0.2) is 35.4 Å². The maximum atomic E-state index is 13.6. The number of primary amides is 1. The molecular formula is C18H21FN4O4S. The van der Waals surface area contributed by atoms with Gasteiger partial charge in [0, 0.05) is 32.0 Å². The fourth-order valence-corrected chi connectivity index (χ4v) is 4.73. The molecule has 0 aliphatic carbocycles. The fourth-order valence-electron chi connectivity index (χ4n) is 3.14. The van der Waals surface area contributed by atoms with E-state index in [2.05, 4.69) is 5.32 Å². The van der Waals surface area contributed by atoms with Crippen molar-refractivity contribution in [3.05, 3.63) is 47.5 Å². The molecule has 0 bridgehead atoms. The van der Waals surface area contributed by atoms with Crippen LogP contribution in [0.4, 0.5) is 10.1 Å². The normalized spacial score (nSPS) is 15.4. The Morgan fingerprint density at radius 2 is 1.82 bits per heavy atom. The van der Waals surface area contributed by atoms with Crippen LogP contribution < -0.4 is 11.1 Å². The monoisotopic (exact) mass is 408 g/mol. The first-order chi connectivity index (χ1) is 13.2. The van der Waals surface area contributed by atoms with Crippen LogP contribution in [-0.2, 0) is 17.1 Å². The predicted octanol–water partition coefficient (Wildman–Crippen LogP) is 1.69. The summed E-state index contributed by atoms with van der Waals surface area (Å²) < 4.78 is 42.0. The number of nitrogens with zero attached hydrogens (tertiary/aromatic N) is 2. The lowest BCUT2D eigenvalue weighted by Gasteiger charge is -2.25. The standard InChI is InChI=1S/C18H21FN4O4S/c1-22-11-13(28(26,27)23-7-3-2-4-8-23)10-16(22)18(25)21-12-5-6-15(19)14(9-12)17(20)24/h5-6,9-11H,2-4,7-8H2,1H3,(H2,20,24)(H,21,25). The van der Waals surface area contributed by atoms with Crippen molar-refractivity contribution in [3.8, 4) is 0 Å². The van der Waals surface area contributed by atoms with Crippen LogP contribution in [0.3, 0.4) is 0 Å². The van der Waals surface area contributed by atoms with Gasteiger partial charge < -0.3 is 15.6 Å². The van der Waals surface area contributed by atoms with E-state index in [1.807, 2.05) is 0 Å². The molecule has 2 aromatic rings. The number of anilines is 1. The van der Waals surface area contributed by atoms with Crippen LogP contribution in [0.25, 0.3) is 0 Å². The summed E-state index contributed by atoms with van der Waals surface area (Å²) >= 11 is 0. The molecule has 0 unspecified atom stereocenters. The average Bonchev–Trinajstić information content (AvgIpc) is 3.06. The van der Waals surface area contributed by atoms with Gasteiger partial charge in [0.05, 0.1) is 5.56 Å². The molecule has 3 N–H and O–H groups in total. The first kappa shape index (κ1) is 20.0. The zero-order chi connectivity index (χ0) is 20.5. The first-order valence-corrected chi connectivity index (χ1v) is 10.2. The second-order valence-electron chi connectivity index (χ2n) is 6.65. The molecule has 2 amide bonds. The first-order valence-electron chi connectivity index (χ1n) is 8.77. The summed E-state index contributed by atoms with van der Waals surface area (Å²) in [5.74, 6) is -2.34. The van der Waals surface area contributed by atoms with Crippen LogP contribution in [0.5, 0.6) is 0 Å². The Hall–Kier alpha value is -2.72. The molecule has 150 valence electrons. The minimum absolute atomic E-state index is 0.0407. The molecule has 1 fully saturated rings. The molecule has 0 radical (unpaired) electrons. The molecule has 1 aromatic carbocycles. The number of hydrogen-bond donors (Lipinski definition) is 2. The number of carbonyl (C=O) groups is 2. The smallest absolute Gasteiger partial charge is 0.272 e. The van der Waals surface area contributed by atoms with Gasteiger partial charge in [-0.25, -0.2) is 12.8 Å². The second kappa shape index (κ2) is 7.72. The fraction of sp³-hybridized carbons (Fsp3) is 0.333. The van der Waals surface area contributed by atoms with Gasteiger partial charge in [0.2, 0.25) is 10.0 Å². The molecule has 10 heteroatoms. The van der Waals surface area contributed by atoms with E-state index in [4.69, 9.17) is 5.73 Å². The zero-order valence-electron chi connectivity index (χ0n) is 15.3. The Morgan fingerprint density at radius 3 is 2.46 bits per heavy atom. The molecule has 3 rings (SSSR count). The van der Waals surface area contributed by atoms with Gasteiger partial charge in [0.25, 0.3) is 11.8 Å². The van der Waals surface area contributed by atoms with Crippen LogP contribution in [-0.4, -0.2) is 42.2 Å². The molecule has 0 atom stereocenters. The van der Waals surface area contributed by atoms with E-state index >= 15 is 0 Å². The summed E-state index contributed by atoms with van der Waals surface area (Å²) in [6, 6.07) is 4.74. The second-order valence-corrected chi connectivity index (χ2v) is 8.59. The maximum absolute atomic E-state index is 13.6. The lowest BCUT2D eigenvalue weighted by Crippen LogP contribution is -2.35. The highest BCUT2D eigenvalue weighted by molar-refractivity contribution is 7.89. The Bertz CT molecular complexity index is 1030. The Balaban J connectivity index is 1.84. The zero-order valence-corrected chi connectivity index (χ0v) is 16.1. The van der Waals surface area contributed by atoms with Crippen LogP contribution >= 0.6 is 0 Å². The molecule has 0 saturated carbocycles. The van der Waals surface area contributed by atoms with Crippen molar-refractivity contribution < 1.29 is 22.4 Å². The van der Waals surface area contributed by atoms with Crippen molar-refractivity contribution in [2.75, 3.05) is 18.4 Å². The highest BCUT2D eigenvalue weighted by Crippen LogP contribution is 2.23. The van der Waals surface area contributed by atoms with Gasteiger partial charge in [-0.05, 0) is 37.1 Å². The van der Waals surface area contributed by atoms with Gasteiger partial charge in [0.1, 0.15) is 16.4 Å². The number of aryl methyl sites for hydroxylation is 1. The van der Waals surface area contributed by atoms with Crippen molar-refractivity contribution in [2.24, 2.45) is 12.8 Å². The van der Waals surface area contributed by atoms with Gasteiger partial charge in [-0.2, -0.15) is 4.31 Å². The minimum Gasteiger partial charge on any atom is -0.366 e. The molecule has 8 nitrogen and oxygen atoms in total. The Labute approximate surface area is 162 Å². The number of nitrogens with two attached hydrogens (primary N) is 1. The van der Waals surface area contributed by atoms with E-state index in [1.165, 1.54) is 27.2 Å². The van der Waals surface area contributed by atoms with E-state index in [0.717, 1.165) is 31.4 Å². The molecule has 0 spiro atoms. The quantitative estimate of drug-likeness (QED) is 0.783. The molecule has 1 aromatic heterocycles. The number of sulfonamides is 1. The van der Waals surface area contributed by atoms with Crippen LogP contribution in [0.2, 0.25) is 0 Å². The van der Waals surface area contributed by atoms with Crippen molar-refractivity contribution in [1.29, 1.82) is 0 Å². The summed E-state index contributed by atoms with van der Waals surface area (Å²) in [6.45, 7) is 0.925. The number of hydrogen-bond acceptors (Lipinski definition) is 4. The van der Waals surface area contributed by atoms with E-state index in [9.17, 15) is 22.4 Å². The number of halogens is 1. The topological polar surface area (TPSA) is 114 Å². The van der Waals surface area contributed by atoms with Gasteiger partial charge in [-0.15, -0.1) is 0 Å². The largest absolute Gasteiger partial charge is 0.366 e. The highest BCUT2D eigenvalue weighted by Gasteiger charge is 2.28. The number of amides is 2. The number of nitrogens with one attached hydrogen (secondary N) is 1. The summed E-state index contributed by atoms with van der Waals surface area (Å²) in [5, 5.41) is 2.52. The highest BCUT2D eigenvalue weighted by atomic mass is 32.2. The summed E-state index contributed by atoms with van der Waals surface area (Å²) in [7, 11) is -2.11. The van der Waals surface area contributed by atoms with Gasteiger partial charge >= 0.3 is 0 Å². The predicted molar refractivity (Wildman–Crippen MR) is 101 cm³/mol. The molecule has 1 aliphatic rings. The minimum atomic E-state index is -3.67. The Morgan fingerprint density at radius 1 is 1.14 bits per heavy atom. The van der Waals surface area contributed by atoms with Crippen molar-refractivity contribution >= 4 is 27.5 Å². The average molecular weight is 408 g/mol. The van der Waals surface area contributed by atoms with Crippen molar-refractivity contribution in [1.82, 2.24) is 8.87 Å².